The Labute approximate surface area is 25.0 Å². The van der Waals surface area contributed by atoms with Gasteiger partial charge in [-0.15, -0.1) is 0 Å². The van der Waals surface area contributed by atoms with Gasteiger partial charge in [-0.05, 0) is 0 Å². The lowest BCUT2D eigenvalue weighted by Crippen LogP contribution is -1.59. The zero-order valence-electron chi connectivity index (χ0n) is 1.67. The molecule has 4 heavy (non-hydrogen) atoms. The second-order valence-electron chi connectivity index (χ2n) is 0.224. The lowest BCUT2D eigenvalue weighted by Gasteiger charge is -1.68. The molecule has 0 aliphatic rings. The summed E-state index contributed by atoms with van der Waals surface area (Å²) in [6, 6.07) is 0. The zero-order valence-corrected chi connectivity index (χ0v) is 2.57. The standard InChI is InChI=1S/H2O3S/c1-4(2)3/h4H,(H,1,2,3)/p-1. The third-order valence-electron chi connectivity index (χ3n) is 0. The Balaban J connectivity index is 3.51. The molecule has 0 atom stereocenters. The number of thiol groups is 1. The predicted molar refractivity (Wildman–Crippen MR) is 11.1 cm³/mol. The number of rotatable bonds is 0. The predicted octanol–water partition coefficient (Wildman–Crippen LogP) is -1.27. The van der Waals surface area contributed by atoms with Gasteiger partial charge in [0.25, 0.3) is 0 Å². The van der Waals surface area contributed by atoms with Crippen LogP contribution in [0.15, 0.2) is 0 Å². The van der Waals surface area contributed by atoms with Gasteiger partial charge < -0.3 is 4.55 Å². The highest BCUT2D eigenvalue weighted by atomic mass is 32.2. The molecule has 0 bridgehead atoms. The van der Waals surface area contributed by atoms with E-state index in [4.69, 9.17) is 13.0 Å². The summed E-state index contributed by atoms with van der Waals surface area (Å²) in [7, 11) is -3.37. The van der Waals surface area contributed by atoms with E-state index in [2.05, 4.69) is 0 Å². The molecule has 0 amide bonds. The van der Waals surface area contributed by atoms with E-state index < -0.39 is 11.0 Å². The largest absolute Gasteiger partial charge is 0.750 e. The molecule has 0 N–H and O–H groups in total. The molecule has 0 saturated heterocycles. The Bertz CT molecular complexity index is 51.7. The third kappa shape index (κ3) is 195. The van der Waals surface area contributed by atoms with Gasteiger partial charge in [-0.1, -0.05) is 0 Å². The van der Waals surface area contributed by atoms with Gasteiger partial charge in [0, 0.05) is 0 Å². The topological polar surface area (TPSA) is 57.2 Å². The summed E-state index contributed by atoms with van der Waals surface area (Å²) >= 11 is 0. The average Bonchev–Trinajstić information content (AvgIpc) is 0.811. The maximum absolute atomic E-state index is 8.48. The van der Waals surface area contributed by atoms with E-state index in [0.29, 0.717) is 0 Å². The molecule has 3 nitrogen and oxygen atoms in total. The number of hydrogen-bond acceptors (Lipinski definition) is 3. The van der Waals surface area contributed by atoms with Gasteiger partial charge in [0.05, 0.1) is 11.0 Å². The van der Waals surface area contributed by atoms with Crippen molar-refractivity contribution in [3.63, 3.8) is 0 Å². The van der Waals surface area contributed by atoms with Gasteiger partial charge in [0.1, 0.15) is 0 Å². The zero-order chi connectivity index (χ0) is 3.58. The van der Waals surface area contributed by atoms with E-state index in [9.17, 15) is 0 Å². The SMILES string of the molecule is O=[SH](=O)[O-]. The van der Waals surface area contributed by atoms with Crippen LogP contribution in [0.25, 0.3) is 0 Å². The molecule has 0 unspecified atom stereocenters. The van der Waals surface area contributed by atoms with Gasteiger partial charge in [-0.3, -0.25) is 0 Å². The van der Waals surface area contributed by atoms with Crippen LogP contribution in [0.4, 0.5) is 0 Å². The summed E-state index contributed by atoms with van der Waals surface area (Å²) in [5, 5.41) is 0. The van der Waals surface area contributed by atoms with E-state index in [1.54, 1.807) is 0 Å². The second-order valence-corrected chi connectivity index (χ2v) is 0.671. The van der Waals surface area contributed by atoms with Crippen molar-refractivity contribution >= 4 is 11.0 Å². The molecule has 0 aromatic carbocycles. The van der Waals surface area contributed by atoms with Crippen molar-refractivity contribution in [1.82, 2.24) is 0 Å². The summed E-state index contributed by atoms with van der Waals surface area (Å²) in [6.45, 7) is 0. The van der Waals surface area contributed by atoms with Crippen LogP contribution in [0.1, 0.15) is 0 Å². The van der Waals surface area contributed by atoms with Crippen LogP contribution in [0.2, 0.25) is 0 Å². The van der Waals surface area contributed by atoms with Crippen LogP contribution in [-0.2, 0) is 11.0 Å². The average molecular weight is 81.1 g/mol. The maximum Gasteiger partial charge on any atom is 0.0832 e. The highest BCUT2D eigenvalue weighted by molar-refractivity contribution is 7.66. The van der Waals surface area contributed by atoms with Crippen molar-refractivity contribution in [2.24, 2.45) is 0 Å². The first-order valence-corrected chi connectivity index (χ1v) is 1.64. The molecule has 0 heterocycles. The first kappa shape index (κ1) is 3.91. The van der Waals surface area contributed by atoms with Crippen LogP contribution in [-0.4, -0.2) is 13.0 Å². The summed E-state index contributed by atoms with van der Waals surface area (Å²) < 4.78 is 25.4. The maximum atomic E-state index is 8.48. The summed E-state index contributed by atoms with van der Waals surface area (Å²) in [5.41, 5.74) is 0. The van der Waals surface area contributed by atoms with Crippen molar-refractivity contribution in [1.29, 1.82) is 0 Å². The molecule has 0 rings (SSSR count). The third-order valence-corrected chi connectivity index (χ3v) is 0. The lowest BCUT2D eigenvalue weighted by molar-refractivity contribution is 0.488. The monoisotopic (exact) mass is 81.0 g/mol. The molecule has 0 spiro atoms. The minimum atomic E-state index is -3.37. The Morgan fingerprint density at radius 3 is 1.50 bits per heavy atom. The van der Waals surface area contributed by atoms with Crippen LogP contribution in [0.5, 0.6) is 0 Å². The van der Waals surface area contributed by atoms with Crippen molar-refractivity contribution in [2.45, 2.75) is 0 Å². The number of hydrogen-bond donors (Lipinski definition) is 1. The molecule has 26 valence electrons. The quantitative estimate of drug-likeness (QED) is 0.292. The lowest BCUT2D eigenvalue weighted by atomic mass is 15.9. The van der Waals surface area contributed by atoms with Crippen molar-refractivity contribution in [3.05, 3.63) is 0 Å². The molecular formula is HO3S-. The molecule has 0 aliphatic carbocycles. The van der Waals surface area contributed by atoms with E-state index in [0.717, 1.165) is 0 Å². The molecule has 0 aromatic heterocycles. The van der Waals surface area contributed by atoms with Gasteiger partial charge in [0.15, 0.2) is 0 Å². The van der Waals surface area contributed by atoms with Gasteiger partial charge in [-0.2, -0.15) is 0 Å². The normalized spacial score (nSPS) is 8.50. The molecule has 0 aliphatic heterocycles. The molecule has 0 saturated carbocycles. The molecular weight excluding hydrogens is 80.1 g/mol. The minimum absolute atomic E-state index is 3.37. The summed E-state index contributed by atoms with van der Waals surface area (Å²) in [4.78, 5) is 0. The summed E-state index contributed by atoms with van der Waals surface area (Å²) in [5.74, 6) is 0. The van der Waals surface area contributed by atoms with Crippen LogP contribution in [0.3, 0.4) is 0 Å². The smallest absolute Gasteiger partial charge is 0.0832 e. The van der Waals surface area contributed by atoms with E-state index in [-0.39, 0.29) is 0 Å². The van der Waals surface area contributed by atoms with Crippen LogP contribution < -0.4 is 0 Å². The Morgan fingerprint density at radius 2 is 1.50 bits per heavy atom. The first-order valence-electron chi connectivity index (χ1n) is 0.548. The van der Waals surface area contributed by atoms with Crippen LogP contribution in [0, 0.1) is 0 Å². The fraction of sp³-hybridized carbons (Fsp3) is 0. The van der Waals surface area contributed by atoms with Gasteiger partial charge in [0.2, 0.25) is 0 Å². The fourth-order valence-electron chi connectivity index (χ4n) is 0. The highest BCUT2D eigenvalue weighted by Crippen LogP contribution is 1.26. The second kappa shape index (κ2) is 1.25. The molecule has 4 heteroatoms. The Morgan fingerprint density at radius 1 is 1.50 bits per heavy atom. The van der Waals surface area contributed by atoms with E-state index >= 15 is 0 Å². The van der Waals surface area contributed by atoms with Crippen molar-refractivity contribution in [3.8, 4) is 0 Å². The van der Waals surface area contributed by atoms with Gasteiger partial charge in [-0.25, -0.2) is 8.42 Å². The first-order chi connectivity index (χ1) is 1.73. The molecule has 0 radical (unpaired) electrons. The fourth-order valence-corrected chi connectivity index (χ4v) is 0. The molecule has 0 aromatic rings. The minimum Gasteiger partial charge on any atom is -0.750 e. The van der Waals surface area contributed by atoms with E-state index in [1.165, 1.54) is 0 Å². The van der Waals surface area contributed by atoms with Crippen molar-refractivity contribution in [2.75, 3.05) is 0 Å². The van der Waals surface area contributed by atoms with Gasteiger partial charge >= 0.3 is 0 Å². The van der Waals surface area contributed by atoms with E-state index in [1.807, 2.05) is 0 Å². The van der Waals surface area contributed by atoms with Crippen LogP contribution >= 0.6 is 0 Å². The Hall–Kier alpha value is -0.0900. The Kier molecular flexibility index (Phi) is 1.23. The van der Waals surface area contributed by atoms with Crippen molar-refractivity contribution < 1.29 is 13.0 Å². The highest BCUT2D eigenvalue weighted by Gasteiger charge is 1.25. The summed E-state index contributed by atoms with van der Waals surface area (Å²) in [6.07, 6.45) is 0. The molecule has 0 fully saturated rings.